The van der Waals surface area contributed by atoms with Crippen LogP contribution in [0.1, 0.15) is 18.1 Å². The van der Waals surface area contributed by atoms with Gasteiger partial charge in [0, 0.05) is 6.54 Å². The highest BCUT2D eigenvalue weighted by molar-refractivity contribution is 7.94. The molecule has 0 aliphatic rings. The number of hydrogen-bond donors (Lipinski definition) is 2. The van der Waals surface area contributed by atoms with E-state index in [4.69, 9.17) is 0 Å². The first-order chi connectivity index (χ1) is 9.92. The molecule has 0 fully saturated rings. The molecule has 114 valence electrons. The average molecular weight is 328 g/mol. The maximum absolute atomic E-state index is 13.0. The fourth-order valence-corrected chi connectivity index (χ4v) is 4.13. The number of thiophene rings is 1. The Bertz CT molecular complexity index is 726. The van der Waals surface area contributed by atoms with Crippen molar-refractivity contribution >= 4 is 27.0 Å². The molecule has 0 saturated heterocycles. The summed E-state index contributed by atoms with van der Waals surface area (Å²) in [4.78, 5) is 0. The van der Waals surface area contributed by atoms with Crippen LogP contribution in [0.4, 0.5) is 10.1 Å². The fraction of sp³-hybridized carbons (Fsp3) is 0.286. The summed E-state index contributed by atoms with van der Waals surface area (Å²) in [7, 11) is -3.63. The number of aryl methyl sites for hydroxylation is 1. The second kappa shape index (κ2) is 6.55. The Balaban J connectivity index is 2.19. The number of nitrogens with one attached hydrogen (secondary N) is 2. The summed E-state index contributed by atoms with van der Waals surface area (Å²) in [5.41, 5.74) is 1.86. The molecule has 21 heavy (non-hydrogen) atoms. The lowest BCUT2D eigenvalue weighted by Gasteiger charge is -2.09. The van der Waals surface area contributed by atoms with E-state index < -0.39 is 10.0 Å². The van der Waals surface area contributed by atoms with Crippen LogP contribution in [0.3, 0.4) is 0 Å². The number of anilines is 1. The van der Waals surface area contributed by atoms with E-state index in [-0.39, 0.29) is 10.0 Å². The first-order valence-corrected chi connectivity index (χ1v) is 8.86. The van der Waals surface area contributed by atoms with E-state index in [0.717, 1.165) is 12.1 Å². The van der Waals surface area contributed by atoms with Crippen LogP contribution < -0.4 is 10.0 Å². The molecule has 1 aromatic heterocycles. The van der Waals surface area contributed by atoms with Crippen LogP contribution in [0.2, 0.25) is 0 Å². The van der Waals surface area contributed by atoms with Crippen LogP contribution in [0.15, 0.2) is 33.9 Å². The van der Waals surface area contributed by atoms with Crippen molar-refractivity contribution in [2.45, 2.75) is 24.6 Å². The summed E-state index contributed by atoms with van der Waals surface area (Å²) in [6.45, 7) is 5.11. The molecule has 2 aromatic rings. The summed E-state index contributed by atoms with van der Waals surface area (Å²) in [5, 5.41) is 4.96. The van der Waals surface area contributed by atoms with E-state index in [9.17, 15) is 12.8 Å². The summed E-state index contributed by atoms with van der Waals surface area (Å²) in [5.74, 6) is -0.389. The Morgan fingerprint density at radius 3 is 2.71 bits per heavy atom. The Morgan fingerprint density at radius 2 is 2.05 bits per heavy atom. The van der Waals surface area contributed by atoms with Gasteiger partial charge >= 0.3 is 0 Å². The smallest absolute Gasteiger partial charge is 0.271 e. The third-order valence-electron chi connectivity index (χ3n) is 2.91. The molecule has 0 spiro atoms. The van der Waals surface area contributed by atoms with E-state index in [0.29, 0.717) is 17.8 Å². The topological polar surface area (TPSA) is 58.2 Å². The quantitative estimate of drug-likeness (QED) is 0.856. The van der Waals surface area contributed by atoms with Crippen LogP contribution in [0.5, 0.6) is 0 Å². The molecule has 2 N–H and O–H groups in total. The summed E-state index contributed by atoms with van der Waals surface area (Å²) < 4.78 is 40.4. The average Bonchev–Trinajstić information content (AvgIpc) is 2.89. The van der Waals surface area contributed by atoms with Crippen molar-refractivity contribution in [1.29, 1.82) is 0 Å². The number of hydrogen-bond acceptors (Lipinski definition) is 4. The standard InChI is InChI=1S/C14H17FN2O2S2/c1-3-16-8-11-7-14(20-9-11)21(18,19)17-13-5-4-12(15)6-10(13)2/h4-7,9,16-17H,3,8H2,1-2H3. The third-order valence-corrected chi connectivity index (χ3v) is 5.76. The SMILES string of the molecule is CCNCc1csc(S(=O)(=O)Nc2ccc(F)cc2C)c1. The molecule has 0 radical (unpaired) electrons. The van der Waals surface area contributed by atoms with Gasteiger partial charge < -0.3 is 5.32 Å². The lowest BCUT2D eigenvalue weighted by Crippen LogP contribution is -2.13. The van der Waals surface area contributed by atoms with Gasteiger partial charge in [0.15, 0.2) is 0 Å². The highest BCUT2D eigenvalue weighted by atomic mass is 32.2. The molecular formula is C14H17FN2O2S2. The van der Waals surface area contributed by atoms with Gasteiger partial charge in [0.25, 0.3) is 10.0 Å². The van der Waals surface area contributed by atoms with Gasteiger partial charge in [0.1, 0.15) is 10.0 Å². The molecule has 0 saturated carbocycles. The second-order valence-corrected chi connectivity index (χ2v) is 7.44. The maximum atomic E-state index is 13.0. The van der Waals surface area contributed by atoms with Gasteiger partial charge in [-0.1, -0.05) is 6.92 Å². The Labute approximate surface area is 128 Å². The molecular weight excluding hydrogens is 311 g/mol. The van der Waals surface area contributed by atoms with Crippen molar-refractivity contribution in [3.8, 4) is 0 Å². The molecule has 0 bridgehead atoms. The normalized spacial score (nSPS) is 11.6. The molecule has 0 aliphatic carbocycles. The molecule has 0 amide bonds. The Morgan fingerprint density at radius 1 is 1.29 bits per heavy atom. The Kier molecular flexibility index (Phi) is 4.97. The van der Waals surface area contributed by atoms with Gasteiger partial charge in [-0.25, -0.2) is 12.8 Å². The molecule has 1 aromatic carbocycles. The number of rotatable bonds is 6. The molecule has 0 aliphatic heterocycles. The lowest BCUT2D eigenvalue weighted by atomic mass is 10.2. The van der Waals surface area contributed by atoms with Crippen molar-refractivity contribution in [2.24, 2.45) is 0 Å². The summed E-state index contributed by atoms with van der Waals surface area (Å²) >= 11 is 1.17. The van der Waals surface area contributed by atoms with Gasteiger partial charge in [0.2, 0.25) is 0 Å². The third kappa shape index (κ3) is 4.03. The summed E-state index contributed by atoms with van der Waals surface area (Å²) in [6.07, 6.45) is 0. The molecule has 0 unspecified atom stereocenters. The first-order valence-electron chi connectivity index (χ1n) is 6.49. The predicted octanol–water partition coefficient (Wildman–Crippen LogP) is 3.11. The van der Waals surface area contributed by atoms with Crippen LogP contribution in [0.25, 0.3) is 0 Å². The van der Waals surface area contributed by atoms with E-state index >= 15 is 0 Å². The second-order valence-electron chi connectivity index (χ2n) is 4.62. The van der Waals surface area contributed by atoms with Crippen molar-refractivity contribution in [2.75, 3.05) is 11.3 Å². The number of sulfonamides is 1. The van der Waals surface area contributed by atoms with Gasteiger partial charge in [-0.2, -0.15) is 0 Å². The van der Waals surface area contributed by atoms with E-state index in [2.05, 4.69) is 10.0 Å². The van der Waals surface area contributed by atoms with Crippen LogP contribution in [-0.2, 0) is 16.6 Å². The molecule has 0 atom stereocenters. The first kappa shape index (κ1) is 15.9. The highest BCUT2D eigenvalue weighted by Gasteiger charge is 2.18. The van der Waals surface area contributed by atoms with Gasteiger partial charge in [-0.3, -0.25) is 4.72 Å². The zero-order valence-corrected chi connectivity index (χ0v) is 13.4. The predicted molar refractivity (Wildman–Crippen MR) is 83.6 cm³/mol. The van der Waals surface area contributed by atoms with Crippen molar-refractivity contribution in [3.63, 3.8) is 0 Å². The highest BCUT2D eigenvalue weighted by Crippen LogP contribution is 2.25. The molecule has 7 heteroatoms. The minimum atomic E-state index is -3.63. The summed E-state index contributed by atoms with van der Waals surface area (Å²) in [6, 6.07) is 5.60. The van der Waals surface area contributed by atoms with E-state index in [1.165, 1.54) is 29.5 Å². The van der Waals surface area contributed by atoms with Gasteiger partial charge in [-0.05, 0) is 54.2 Å². The van der Waals surface area contributed by atoms with Gasteiger partial charge in [0.05, 0.1) is 5.69 Å². The van der Waals surface area contributed by atoms with Crippen LogP contribution in [-0.4, -0.2) is 15.0 Å². The van der Waals surface area contributed by atoms with E-state index in [1.54, 1.807) is 13.0 Å². The van der Waals surface area contributed by atoms with Crippen molar-refractivity contribution in [3.05, 3.63) is 46.6 Å². The van der Waals surface area contributed by atoms with Crippen molar-refractivity contribution in [1.82, 2.24) is 5.32 Å². The van der Waals surface area contributed by atoms with E-state index in [1.807, 2.05) is 12.3 Å². The van der Waals surface area contributed by atoms with Crippen LogP contribution in [0, 0.1) is 12.7 Å². The van der Waals surface area contributed by atoms with Crippen LogP contribution >= 0.6 is 11.3 Å². The van der Waals surface area contributed by atoms with Crippen molar-refractivity contribution < 1.29 is 12.8 Å². The zero-order valence-electron chi connectivity index (χ0n) is 11.8. The number of halogens is 1. The molecule has 2 rings (SSSR count). The monoisotopic (exact) mass is 328 g/mol. The largest absolute Gasteiger partial charge is 0.313 e. The Hall–Kier alpha value is -1.44. The lowest BCUT2D eigenvalue weighted by molar-refractivity contribution is 0.602. The number of benzene rings is 1. The van der Waals surface area contributed by atoms with Gasteiger partial charge in [-0.15, -0.1) is 11.3 Å². The zero-order chi connectivity index (χ0) is 15.5. The minimum absolute atomic E-state index is 0.249. The fourth-order valence-electron chi connectivity index (χ4n) is 1.79. The molecule has 4 nitrogen and oxygen atoms in total. The molecule has 1 heterocycles. The maximum Gasteiger partial charge on any atom is 0.271 e. The minimum Gasteiger partial charge on any atom is -0.313 e.